The minimum atomic E-state index is 0.632. The highest BCUT2D eigenvalue weighted by Crippen LogP contribution is 2.05. The Kier molecular flexibility index (Phi) is 4.68. The maximum Gasteiger partial charge on any atom is 0.0212 e. The minimum absolute atomic E-state index is 0.632. The average Bonchev–Trinajstić information content (AvgIpc) is 1.83. The van der Waals surface area contributed by atoms with Crippen molar-refractivity contribution in [3.63, 3.8) is 0 Å². The molecule has 0 aliphatic rings. The molecule has 0 aromatic carbocycles. The van der Waals surface area contributed by atoms with Gasteiger partial charge in [-0.15, -0.1) is 0 Å². The second-order valence-corrected chi connectivity index (χ2v) is 3.46. The first-order valence-corrected chi connectivity index (χ1v) is 4.33. The molecule has 0 saturated carbocycles. The van der Waals surface area contributed by atoms with Crippen molar-refractivity contribution in [1.82, 2.24) is 4.90 Å². The van der Waals surface area contributed by atoms with Crippen molar-refractivity contribution >= 4 is 11.8 Å². The maximum absolute atomic E-state index is 2.19. The summed E-state index contributed by atoms with van der Waals surface area (Å²) in [6.45, 7) is 2.19. The number of hydrogen-bond donors (Lipinski definition) is 0. The molecule has 0 rings (SSSR count). The lowest BCUT2D eigenvalue weighted by atomic mass is 10.4. The van der Waals surface area contributed by atoms with Crippen LogP contribution >= 0.6 is 11.8 Å². The van der Waals surface area contributed by atoms with Crippen LogP contribution in [0.2, 0.25) is 0 Å². The molecule has 1 nitrogen and oxygen atoms in total. The van der Waals surface area contributed by atoms with Crippen molar-refractivity contribution in [3.05, 3.63) is 12.3 Å². The topological polar surface area (TPSA) is 3.24 Å². The fourth-order valence-corrected chi connectivity index (χ4v) is 0.599. The van der Waals surface area contributed by atoms with E-state index in [2.05, 4.69) is 25.5 Å². The van der Waals surface area contributed by atoms with Crippen LogP contribution < -0.4 is 0 Å². The molecule has 0 aromatic rings. The van der Waals surface area contributed by atoms with Crippen molar-refractivity contribution in [3.8, 4) is 0 Å². The quantitative estimate of drug-likeness (QED) is 0.596. The Morgan fingerprint density at radius 3 is 2.33 bits per heavy atom. The summed E-state index contributed by atoms with van der Waals surface area (Å²) in [7, 11) is 4.06. The molecule has 0 heterocycles. The van der Waals surface area contributed by atoms with Gasteiger partial charge in [-0.25, -0.2) is 0 Å². The van der Waals surface area contributed by atoms with Gasteiger partial charge in [0.2, 0.25) is 0 Å². The Bertz CT molecular complexity index is 88.9. The zero-order valence-corrected chi connectivity index (χ0v) is 7.40. The van der Waals surface area contributed by atoms with Crippen molar-refractivity contribution in [2.75, 3.05) is 20.4 Å². The van der Waals surface area contributed by atoms with Crippen LogP contribution in [0.15, 0.2) is 12.3 Å². The monoisotopic (exact) mass is 145 g/mol. The molecule has 1 atom stereocenters. The van der Waals surface area contributed by atoms with Crippen LogP contribution in [0.25, 0.3) is 0 Å². The molecule has 0 radical (unpaired) electrons. The van der Waals surface area contributed by atoms with E-state index in [9.17, 15) is 0 Å². The largest absolute Gasteiger partial charge is 0.384 e. The van der Waals surface area contributed by atoms with Gasteiger partial charge in [0.25, 0.3) is 0 Å². The SMILES string of the molecule is CSC(C)/C=C/N(C)C. The van der Waals surface area contributed by atoms with Crippen LogP contribution in [-0.2, 0) is 0 Å². The van der Waals surface area contributed by atoms with Gasteiger partial charge < -0.3 is 4.90 Å². The second-order valence-electron chi connectivity index (χ2n) is 2.25. The summed E-state index contributed by atoms with van der Waals surface area (Å²) in [6, 6.07) is 0. The van der Waals surface area contributed by atoms with Gasteiger partial charge in [-0.2, -0.15) is 11.8 Å². The fraction of sp³-hybridized carbons (Fsp3) is 0.714. The molecule has 0 aliphatic heterocycles. The molecule has 1 unspecified atom stereocenters. The molecule has 0 fully saturated rings. The summed E-state index contributed by atoms with van der Waals surface area (Å²) in [4.78, 5) is 2.05. The summed E-state index contributed by atoms with van der Waals surface area (Å²) >= 11 is 1.85. The third-order valence-electron chi connectivity index (χ3n) is 1.03. The lowest BCUT2D eigenvalue weighted by Gasteiger charge is -2.05. The van der Waals surface area contributed by atoms with Crippen LogP contribution in [-0.4, -0.2) is 30.5 Å². The number of nitrogens with zero attached hydrogens (tertiary/aromatic N) is 1. The van der Waals surface area contributed by atoms with Crippen LogP contribution in [0.4, 0.5) is 0 Å². The molecule has 0 spiro atoms. The zero-order valence-electron chi connectivity index (χ0n) is 6.59. The molecular weight excluding hydrogens is 130 g/mol. The van der Waals surface area contributed by atoms with E-state index in [1.807, 2.05) is 30.8 Å². The molecule has 0 aliphatic carbocycles. The molecule has 2 heteroatoms. The first-order chi connectivity index (χ1) is 4.16. The van der Waals surface area contributed by atoms with Crippen LogP contribution in [0.3, 0.4) is 0 Å². The Morgan fingerprint density at radius 1 is 1.44 bits per heavy atom. The molecule has 0 N–H and O–H groups in total. The summed E-state index contributed by atoms with van der Waals surface area (Å²) in [5, 5.41) is 0.632. The Morgan fingerprint density at radius 2 is 2.00 bits per heavy atom. The molecule has 54 valence electrons. The number of thioether (sulfide) groups is 1. The summed E-state index contributed by atoms with van der Waals surface area (Å²) < 4.78 is 0. The standard InChI is InChI=1S/C7H15NS/c1-7(9-4)5-6-8(2)3/h5-7H,1-4H3/b6-5+. The average molecular weight is 145 g/mol. The van der Waals surface area contributed by atoms with Gasteiger partial charge in [-0.05, 0) is 19.4 Å². The summed E-state index contributed by atoms with van der Waals surface area (Å²) in [6.07, 6.45) is 6.39. The first-order valence-electron chi connectivity index (χ1n) is 3.04. The zero-order chi connectivity index (χ0) is 7.28. The van der Waals surface area contributed by atoms with Gasteiger partial charge in [0.05, 0.1) is 0 Å². The Balaban J connectivity index is 3.43. The van der Waals surface area contributed by atoms with Crippen molar-refractivity contribution in [2.24, 2.45) is 0 Å². The van der Waals surface area contributed by atoms with E-state index in [1.165, 1.54) is 0 Å². The van der Waals surface area contributed by atoms with Crippen molar-refractivity contribution in [2.45, 2.75) is 12.2 Å². The van der Waals surface area contributed by atoms with Gasteiger partial charge >= 0.3 is 0 Å². The highest BCUT2D eigenvalue weighted by atomic mass is 32.2. The molecule has 0 bridgehead atoms. The van der Waals surface area contributed by atoms with E-state index in [-0.39, 0.29) is 0 Å². The fourth-order valence-electron chi connectivity index (χ4n) is 0.372. The molecule has 0 aromatic heterocycles. The van der Waals surface area contributed by atoms with Gasteiger partial charge in [-0.1, -0.05) is 6.08 Å². The van der Waals surface area contributed by atoms with E-state index in [0.29, 0.717) is 5.25 Å². The van der Waals surface area contributed by atoms with Crippen molar-refractivity contribution < 1.29 is 0 Å². The predicted octanol–water partition coefficient (Wildman–Crippen LogP) is 1.81. The van der Waals surface area contributed by atoms with Gasteiger partial charge in [0.1, 0.15) is 0 Å². The number of rotatable bonds is 3. The molecular formula is C7H15NS. The summed E-state index contributed by atoms with van der Waals surface area (Å²) in [5.41, 5.74) is 0. The minimum Gasteiger partial charge on any atom is -0.384 e. The van der Waals surface area contributed by atoms with Gasteiger partial charge in [0.15, 0.2) is 0 Å². The van der Waals surface area contributed by atoms with Crippen LogP contribution in [0.1, 0.15) is 6.92 Å². The highest BCUT2D eigenvalue weighted by molar-refractivity contribution is 7.99. The number of hydrogen-bond acceptors (Lipinski definition) is 2. The van der Waals surface area contributed by atoms with Gasteiger partial charge in [-0.3, -0.25) is 0 Å². The lowest BCUT2D eigenvalue weighted by Crippen LogP contribution is -2.01. The van der Waals surface area contributed by atoms with E-state index in [4.69, 9.17) is 0 Å². The highest BCUT2D eigenvalue weighted by Gasteiger charge is 1.89. The first kappa shape index (κ1) is 8.89. The summed E-state index contributed by atoms with van der Waals surface area (Å²) in [5.74, 6) is 0. The molecule has 0 saturated heterocycles. The lowest BCUT2D eigenvalue weighted by molar-refractivity contribution is 0.562. The predicted molar refractivity (Wildman–Crippen MR) is 45.8 cm³/mol. The second kappa shape index (κ2) is 4.74. The van der Waals surface area contributed by atoms with Crippen LogP contribution in [0.5, 0.6) is 0 Å². The van der Waals surface area contributed by atoms with Gasteiger partial charge in [0, 0.05) is 19.3 Å². The Hall–Kier alpha value is -0.110. The molecule has 9 heavy (non-hydrogen) atoms. The third kappa shape index (κ3) is 5.77. The van der Waals surface area contributed by atoms with Crippen molar-refractivity contribution in [1.29, 1.82) is 0 Å². The normalized spacial score (nSPS) is 14.2. The maximum atomic E-state index is 2.19. The molecule has 0 amide bonds. The van der Waals surface area contributed by atoms with Crippen LogP contribution in [0, 0.1) is 0 Å². The van der Waals surface area contributed by atoms with E-state index < -0.39 is 0 Å². The smallest absolute Gasteiger partial charge is 0.0212 e. The third-order valence-corrected chi connectivity index (χ3v) is 1.93. The van der Waals surface area contributed by atoms with E-state index >= 15 is 0 Å². The Labute approximate surface area is 62.1 Å². The van der Waals surface area contributed by atoms with E-state index in [1.54, 1.807) is 0 Å². The van der Waals surface area contributed by atoms with E-state index in [0.717, 1.165) is 0 Å².